The first kappa shape index (κ1) is 18.3. The number of ether oxygens (including phenoxy) is 1. The Morgan fingerprint density at radius 2 is 2.19 bits per heavy atom. The van der Waals surface area contributed by atoms with Crippen molar-refractivity contribution in [1.82, 2.24) is 4.98 Å². The lowest BCUT2D eigenvalue weighted by atomic mass is 9.90. The van der Waals surface area contributed by atoms with Gasteiger partial charge in [-0.3, -0.25) is 14.9 Å². The van der Waals surface area contributed by atoms with Gasteiger partial charge in [-0.05, 0) is 37.8 Å². The minimum absolute atomic E-state index is 0.0463. The predicted octanol–water partition coefficient (Wildman–Crippen LogP) is 4.57. The Balaban J connectivity index is 1.68. The maximum atomic E-state index is 12.4. The number of carbonyl (C=O) groups is 1. The van der Waals surface area contributed by atoms with Crippen molar-refractivity contribution in [2.24, 2.45) is 5.92 Å². The van der Waals surface area contributed by atoms with E-state index in [-0.39, 0.29) is 10.6 Å². The zero-order valence-electron chi connectivity index (χ0n) is 14.6. The number of pyridine rings is 1. The Labute approximate surface area is 155 Å². The minimum atomic E-state index is -0.484. The molecular weight excluding hydrogens is 354 g/mol. The first-order chi connectivity index (χ1) is 12.5. The molecule has 2 heterocycles. The third-order valence-electron chi connectivity index (χ3n) is 4.51. The number of carbonyl (C=O) groups excluding carboxylic acids is 1. The molecule has 0 radical (unpaired) electrons. The number of aromatic nitrogens is 1. The van der Waals surface area contributed by atoms with Crippen LogP contribution in [-0.4, -0.2) is 22.4 Å². The molecule has 1 amide bonds. The highest BCUT2D eigenvalue weighted by molar-refractivity contribution is 7.14. The van der Waals surface area contributed by atoms with E-state index >= 15 is 0 Å². The number of hydrogen-bond acceptors (Lipinski definition) is 6. The van der Waals surface area contributed by atoms with E-state index in [1.807, 2.05) is 0 Å². The van der Waals surface area contributed by atoms with Crippen LogP contribution >= 0.6 is 11.3 Å². The van der Waals surface area contributed by atoms with Crippen molar-refractivity contribution in [2.75, 3.05) is 11.9 Å². The van der Waals surface area contributed by atoms with Gasteiger partial charge in [0, 0.05) is 12.3 Å². The fraction of sp³-hybridized carbons (Fsp3) is 0.444. The molecule has 3 rings (SSSR count). The number of amides is 1. The predicted molar refractivity (Wildman–Crippen MR) is 100.0 cm³/mol. The SMILES string of the molecule is Cc1sc(C(=O)Nc2ncccc2OCC2CCCCC2)cc1[N+](=O)[O-]. The Morgan fingerprint density at radius 1 is 1.42 bits per heavy atom. The quantitative estimate of drug-likeness (QED) is 0.589. The highest BCUT2D eigenvalue weighted by Crippen LogP contribution is 2.30. The summed E-state index contributed by atoms with van der Waals surface area (Å²) in [5, 5.41) is 13.7. The van der Waals surface area contributed by atoms with Crippen molar-refractivity contribution in [1.29, 1.82) is 0 Å². The third-order valence-corrected chi connectivity index (χ3v) is 5.55. The fourth-order valence-electron chi connectivity index (χ4n) is 3.10. The van der Waals surface area contributed by atoms with Crippen LogP contribution < -0.4 is 10.1 Å². The lowest BCUT2D eigenvalue weighted by Gasteiger charge is -2.22. The Bertz CT molecular complexity index is 799. The summed E-state index contributed by atoms with van der Waals surface area (Å²) in [5.74, 6) is 0.971. The smallest absolute Gasteiger partial charge is 0.283 e. The Kier molecular flexibility index (Phi) is 5.82. The van der Waals surface area contributed by atoms with Gasteiger partial charge in [0.05, 0.1) is 21.3 Å². The Hall–Kier alpha value is -2.48. The second-order valence-corrected chi connectivity index (χ2v) is 7.68. The average Bonchev–Trinajstić information content (AvgIpc) is 3.04. The summed E-state index contributed by atoms with van der Waals surface area (Å²) in [4.78, 5) is 27.9. The van der Waals surface area contributed by atoms with E-state index < -0.39 is 10.8 Å². The molecule has 1 aliphatic rings. The van der Waals surface area contributed by atoms with Crippen molar-refractivity contribution in [2.45, 2.75) is 39.0 Å². The van der Waals surface area contributed by atoms with Crippen molar-refractivity contribution in [3.8, 4) is 5.75 Å². The molecule has 0 spiro atoms. The number of rotatable bonds is 6. The van der Waals surface area contributed by atoms with Gasteiger partial charge in [-0.15, -0.1) is 11.3 Å². The second-order valence-electron chi connectivity index (χ2n) is 6.43. The summed E-state index contributed by atoms with van der Waals surface area (Å²) in [5.41, 5.74) is -0.0463. The maximum absolute atomic E-state index is 12.4. The first-order valence-corrected chi connectivity index (χ1v) is 9.50. The molecule has 7 nitrogen and oxygen atoms in total. The van der Waals surface area contributed by atoms with E-state index in [2.05, 4.69) is 10.3 Å². The fourth-order valence-corrected chi connectivity index (χ4v) is 3.98. The summed E-state index contributed by atoms with van der Waals surface area (Å²) < 4.78 is 5.90. The highest BCUT2D eigenvalue weighted by atomic mass is 32.1. The van der Waals surface area contributed by atoms with Crippen LogP contribution in [0.4, 0.5) is 11.5 Å². The van der Waals surface area contributed by atoms with Crippen LogP contribution in [0.1, 0.15) is 46.7 Å². The van der Waals surface area contributed by atoms with Crippen LogP contribution in [0, 0.1) is 23.0 Å². The van der Waals surface area contributed by atoms with Crippen molar-refractivity contribution >= 4 is 28.7 Å². The zero-order valence-corrected chi connectivity index (χ0v) is 15.4. The van der Waals surface area contributed by atoms with E-state index in [1.165, 1.54) is 38.2 Å². The molecule has 0 atom stereocenters. The lowest BCUT2D eigenvalue weighted by molar-refractivity contribution is -0.385. The summed E-state index contributed by atoms with van der Waals surface area (Å²) in [7, 11) is 0. The largest absolute Gasteiger partial charge is 0.489 e. The van der Waals surface area contributed by atoms with E-state index in [9.17, 15) is 14.9 Å². The number of thiophene rings is 1. The molecule has 1 fully saturated rings. The van der Waals surface area contributed by atoms with Gasteiger partial charge in [-0.1, -0.05) is 19.3 Å². The normalized spacial score (nSPS) is 14.8. The maximum Gasteiger partial charge on any atom is 0.283 e. The van der Waals surface area contributed by atoms with Gasteiger partial charge >= 0.3 is 0 Å². The summed E-state index contributed by atoms with van der Waals surface area (Å²) in [6, 6.07) is 4.82. The number of nitrogens with one attached hydrogen (secondary N) is 1. The molecule has 0 unspecified atom stereocenters. The molecule has 26 heavy (non-hydrogen) atoms. The van der Waals surface area contributed by atoms with Crippen LogP contribution in [-0.2, 0) is 0 Å². The van der Waals surface area contributed by atoms with Gasteiger partial charge in [0.25, 0.3) is 11.6 Å². The molecule has 1 aliphatic carbocycles. The molecule has 1 saturated carbocycles. The number of hydrogen-bond donors (Lipinski definition) is 1. The van der Waals surface area contributed by atoms with E-state index in [0.717, 1.165) is 11.3 Å². The first-order valence-electron chi connectivity index (χ1n) is 8.68. The van der Waals surface area contributed by atoms with Crippen LogP contribution in [0.5, 0.6) is 5.75 Å². The number of anilines is 1. The number of nitro groups is 1. The summed E-state index contributed by atoms with van der Waals surface area (Å²) in [6.07, 6.45) is 7.67. The molecule has 2 aromatic heterocycles. The molecule has 2 aromatic rings. The average molecular weight is 375 g/mol. The molecule has 0 aliphatic heterocycles. The Morgan fingerprint density at radius 3 is 2.88 bits per heavy atom. The van der Waals surface area contributed by atoms with Gasteiger partial charge in [-0.25, -0.2) is 4.98 Å². The third kappa shape index (κ3) is 4.37. The molecule has 0 saturated heterocycles. The molecule has 0 bridgehead atoms. The van der Waals surface area contributed by atoms with Gasteiger partial charge in [0.15, 0.2) is 11.6 Å². The topological polar surface area (TPSA) is 94.4 Å². The summed E-state index contributed by atoms with van der Waals surface area (Å²) >= 11 is 1.09. The highest BCUT2D eigenvalue weighted by Gasteiger charge is 2.21. The van der Waals surface area contributed by atoms with Crippen LogP contribution in [0.2, 0.25) is 0 Å². The van der Waals surface area contributed by atoms with Crippen LogP contribution in [0.3, 0.4) is 0 Å². The van der Waals surface area contributed by atoms with E-state index in [4.69, 9.17) is 4.74 Å². The molecular formula is C18H21N3O4S. The van der Waals surface area contributed by atoms with Crippen molar-refractivity contribution in [3.63, 3.8) is 0 Å². The van der Waals surface area contributed by atoms with Crippen LogP contribution in [0.25, 0.3) is 0 Å². The summed E-state index contributed by atoms with van der Waals surface area (Å²) in [6.45, 7) is 2.23. The molecule has 8 heteroatoms. The zero-order chi connectivity index (χ0) is 18.5. The van der Waals surface area contributed by atoms with E-state index in [1.54, 1.807) is 25.3 Å². The standard InChI is InChI=1S/C18H21N3O4S/c1-12-14(21(23)24)10-16(26-12)18(22)20-17-15(8-5-9-19-17)25-11-13-6-3-2-4-7-13/h5,8-10,13H,2-4,6-7,11H2,1H3,(H,19,20,22). The lowest BCUT2D eigenvalue weighted by Crippen LogP contribution is -2.17. The minimum Gasteiger partial charge on any atom is -0.489 e. The van der Waals surface area contributed by atoms with Crippen molar-refractivity contribution < 1.29 is 14.5 Å². The van der Waals surface area contributed by atoms with Gasteiger partial charge in [0.2, 0.25) is 0 Å². The number of aryl methyl sites for hydroxylation is 1. The van der Waals surface area contributed by atoms with Crippen molar-refractivity contribution in [3.05, 3.63) is 44.3 Å². The van der Waals surface area contributed by atoms with Gasteiger partial charge < -0.3 is 10.1 Å². The molecule has 138 valence electrons. The second kappa shape index (κ2) is 8.27. The molecule has 0 aromatic carbocycles. The monoisotopic (exact) mass is 375 g/mol. The van der Waals surface area contributed by atoms with Gasteiger partial charge in [0.1, 0.15) is 0 Å². The van der Waals surface area contributed by atoms with E-state index in [0.29, 0.717) is 29.0 Å². The van der Waals surface area contributed by atoms with Gasteiger partial charge in [-0.2, -0.15) is 0 Å². The molecule has 1 N–H and O–H groups in total. The number of nitrogens with zero attached hydrogens (tertiary/aromatic N) is 2. The van der Waals surface area contributed by atoms with Crippen LogP contribution in [0.15, 0.2) is 24.4 Å².